The summed E-state index contributed by atoms with van der Waals surface area (Å²) in [5.74, 6) is 5.71. The molecule has 74 valence electrons. The minimum atomic E-state index is 0.587. The zero-order chi connectivity index (χ0) is 9.36. The van der Waals surface area contributed by atoms with Crippen molar-refractivity contribution in [1.29, 1.82) is 0 Å². The Morgan fingerprint density at radius 2 is 2.38 bits per heavy atom. The van der Waals surface area contributed by atoms with E-state index in [4.69, 9.17) is 4.74 Å². The highest BCUT2D eigenvalue weighted by atomic mass is 16.5. The van der Waals surface area contributed by atoms with E-state index in [9.17, 15) is 0 Å². The molecule has 0 aromatic carbocycles. The number of ether oxygens (including phenoxy) is 1. The summed E-state index contributed by atoms with van der Waals surface area (Å²) in [6.45, 7) is 4.45. The van der Waals surface area contributed by atoms with Crippen LogP contribution in [0.15, 0.2) is 0 Å². The summed E-state index contributed by atoms with van der Waals surface area (Å²) in [5, 5.41) is 3.49. The third-order valence-electron chi connectivity index (χ3n) is 2.37. The van der Waals surface area contributed by atoms with Crippen LogP contribution in [0, 0.1) is 11.8 Å². The Hall–Kier alpha value is -0.520. The Morgan fingerprint density at radius 1 is 1.46 bits per heavy atom. The predicted octanol–water partition coefficient (Wildman–Crippen LogP) is 1.56. The highest BCUT2D eigenvalue weighted by Gasteiger charge is 2.11. The summed E-state index contributed by atoms with van der Waals surface area (Å²) >= 11 is 0. The molecule has 1 saturated heterocycles. The largest absolute Gasteiger partial charge is 0.369 e. The summed E-state index contributed by atoms with van der Waals surface area (Å²) in [7, 11) is 0. The van der Waals surface area contributed by atoms with Crippen molar-refractivity contribution in [2.24, 2.45) is 0 Å². The van der Waals surface area contributed by atoms with Crippen molar-refractivity contribution < 1.29 is 4.74 Å². The van der Waals surface area contributed by atoms with Gasteiger partial charge in [-0.1, -0.05) is 12.3 Å². The number of piperidine rings is 1. The fraction of sp³-hybridized carbons (Fsp3) is 0.818. The van der Waals surface area contributed by atoms with Crippen molar-refractivity contribution in [2.45, 2.75) is 38.6 Å². The molecule has 0 aromatic heterocycles. The van der Waals surface area contributed by atoms with Gasteiger partial charge < -0.3 is 10.1 Å². The van der Waals surface area contributed by atoms with Crippen LogP contribution in [0.2, 0.25) is 0 Å². The van der Waals surface area contributed by atoms with E-state index in [0.717, 1.165) is 13.0 Å². The summed E-state index contributed by atoms with van der Waals surface area (Å²) in [4.78, 5) is 0. The van der Waals surface area contributed by atoms with Crippen LogP contribution < -0.4 is 5.32 Å². The third kappa shape index (κ3) is 4.92. The predicted molar refractivity (Wildman–Crippen MR) is 54.5 cm³/mol. The Kier molecular flexibility index (Phi) is 5.64. The smallest absolute Gasteiger partial charge is 0.107 e. The van der Waals surface area contributed by atoms with Gasteiger partial charge in [-0.2, -0.15) is 0 Å². The van der Waals surface area contributed by atoms with E-state index in [1.165, 1.54) is 25.8 Å². The molecule has 1 aliphatic heterocycles. The minimum Gasteiger partial charge on any atom is -0.369 e. The first kappa shape index (κ1) is 10.6. The maximum absolute atomic E-state index is 5.36. The molecular weight excluding hydrogens is 162 g/mol. The Balaban J connectivity index is 1.94. The molecule has 0 aromatic rings. The van der Waals surface area contributed by atoms with Gasteiger partial charge in [-0.05, 0) is 32.7 Å². The maximum Gasteiger partial charge on any atom is 0.107 e. The molecule has 1 N–H and O–H groups in total. The van der Waals surface area contributed by atoms with Gasteiger partial charge in [-0.3, -0.25) is 0 Å². The second kappa shape index (κ2) is 6.94. The second-order valence-corrected chi connectivity index (χ2v) is 3.41. The fourth-order valence-electron chi connectivity index (χ4n) is 1.59. The van der Waals surface area contributed by atoms with Crippen LogP contribution in [0.3, 0.4) is 0 Å². The molecule has 13 heavy (non-hydrogen) atoms. The first-order chi connectivity index (χ1) is 6.43. The SMILES string of the molecule is CC#CCOCCC1CCCCN1. The Morgan fingerprint density at radius 3 is 3.08 bits per heavy atom. The lowest BCUT2D eigenvalue weighted by Gasteiger charge is -2.22. The van der Waals surface area contributed by atoms with Crippen LogP contribution in [0.4, 0.5) is 0 Å². The fourth-order valence-corrected chi connectivity index (χ4v) is 1.59. The van der Waals surface area contributed by atoms with Crippen molar-refractivity contribution in [2.75, 3.05) is 19.8 Å². The molecule has 2 heteroatoms. The standard InChI is InChI=1S/C11H19NO/c1-2-3-9-13-10-7-11-6-4-5-8-12-11/h11-12H,4-10H2,1H3. The molecule has 0 bridgehead atoms. The van der Waals surface area contributed by atoms with E-state index in [2.05, 4.69) is 17.2 Å². The van der Waals surface area contributed by atoms with Gasteiger partial charge >= 0.3 is 0 Å². The summed E-state index contributed by atoms with van der Waals surface area (Å²) in [5.41, 5.74) is 0. The van der Waals surface area contributed by atoms with Gasteiger partial charge in [0, 0.05) is 12.6 Å². The van der Waals surface area contributed by atoms with Gasteiger partial charge in [0.1, 0.15) is 6.61 Å². The average molecular weight is 181 g/mol. The molecule has 2 nitrogen and oxygen atoms in total. The topological polar surface area (TPSA) is 21.3 Å². The monoisotopic (exact) mass is 181 g/mol. The number of rotatable bonds is 4. The van der Waals surface area contributed by atoms with Gasteiger partial charge in [0.15, 0.2) is 0 Å². The molecule has 1 heterocycles. The Bertz CT molecular complexity index is 174. The first-order valence-corrected chi connectivity index (χ1v) is 5.14. The van der Waals surface area contributed by atoms with Crippen LogP contribution in [-0.4, -0.2) is 25.8 Å². The second-order valence-electron chi connectivity index (χ2n) is 3.41. The third-order valence-corrected chi connectivity index (χ3v) is 2.37. The maximum atomic E-state index is 5.36. The van der Waals surface area contributed by atoms with E-state index in [0.29, 0.717) is 12.6 Å². The number of hydrogen-bond donors (Lipinski definition) is 1. The number of hydrogen-bond acceptors (Lipinski definition) is 2. The van der Waals surface area contributed by atoms with Gasteiger partial charge in [0.2, 0.25) is 0 Å². The lowest BCUT2D eigenvalue weighted by atomic mass is 10.0. The minimum absolute atomic E-state index is 0.587. The highest BCUT2D eigenvalue weighted by Crippen LogP contribution is 2.09. The quantitative estimate of drug-likeness (QED) is 0.525. The molecule has 1 unspecified atom stereocenters. The van der Waals surface area contributed by atoms with E-state index < -0.39 is 0 Å². The lowest BCUT2D eigenvalue weighted by molar-refractivity contribution is 0.150. The molecule has 0 aliphatic carbocycles. The van der Waals surface area contributed by atoms with Crippen LogP contribution >= 0.6 is 0 Å². The van der Waals surface area contributed by atoms with Crippen LogP contribution in [0.5, 0.6) is 0 Å². The molecule has 1 rings (SSSR count). The van der Waals surface area contributed by atoms with Crippen LogP contribution in [-0.2, 0) is 4.74 Å². The van der Waals surface area contributed by atoms with E-state index >= 15 is 0 Å². The van der Waals surface area contributed by atoms with Crippen molar-refractivity contribution >= 4 is 0 Å². The zero-order valence-electron chi connectivity index (χ0n) is 8.44. The first-order valence-electron chi connectivity index (χ1n) is 5.14. The summed E-state index contributed by atoms with van der Waals surface area (Å²) in [6, 6.07) is 0.684. The molecule has 0 radical (unpaired) electrons. The molecule has 0 amide bonds. The summed E-state index contributed by atoms with van der Waals surface area (Å²) < 4.78 is 5.36. The van der Waals surface area contributed by atoms with Gasteiger partial charge in [0.25, 0.3) is 0 Å². The molecule has 0 spiro atoms. The number of nitrogens with one attached hydrogen (secondary N) is 1. The highest BCUT2D eigenvalue weighted by molar-refractivity contribution is 4.94. The molecular formula is C11H19NO. The molecule has 1 atom stereocenters. The molecule has 1 fully saturated rings. The van der Waals surface area contributed by atoms with E-state index in [1.807, 2.05) is 6.92 Å². The zero-order valence-corrected chi connectivity index (χ0v) is 8.44. The van der Waals surface area contributed by atoms with Gasteiger partial charge in [-0.25, -0.2) is 0 Å². The Labute approximate surface area is 81.0 Å². The van der Waals surface area contributed by atoms with Crippen LogP contribution in [0.1, 0.15) is 32.6 Å². The summed E-state index contributed by atoms with van der Waals surface area (Å²) in [6.07, 6.45) is 5.14. The van der Waals surface area contributed by atoms with Crippen LogP contribution in [0.25, 0.3) is 0 Å². The lowest BCUT2D eigenvalue weighted by Crippen LogP contribution is -2.34. The molecule has 1 aliphatic rings. The van der Waals surface area contributed by atoms with Crippen molar-refractivity contribution in [1.82, 2.24) is 5.32 Å². The van der Waals surface area contributed by atoms with Crippen molar-refractivity contribution in [3.05, 3.63) is 0 Å². The van der Waals surface area contributed by atoms with E-state index in [1.54, 1.807) is 0 Å². The van der Waals surface area contributed by atoms with Crippen molar-refractivity contribution in [3.8, 4) is 11.8 Å². The molecule has 0 saturated carbocycles. The van der Waals surface area contributed by atoms with Gasteiger partial charge in [-0.15, -0.1) is 5.92 Å². The van der Waals surface area contributed by atoms with Crippen molar-refractivity contribution in [3.63, 3.8) is 0 Å². The van der Waals surface area contributed by atoms with Gasteiger partial charge in [0.05, 0.1) is 0 Å². The normalized spacial score (nSPS) is 22.1. The average Bonchev–Trinajstić information content (AvgIpc) is 2.19. The van der Waals surface area contributed by atoms with E-state index in [-0.39, 0.29) is 0 Å².